The standard InChI is InChI=1S/C31H46N4O5.ClH/c1-7-34(8-2)29(36)21-40-26-16-17-28(27(20-26)31(37)35(22(3)4)23(5)6)39-19-11-9-10-18-38-25-14-12-24(13-15-25)30(32)33;/h12-17,20,22-23H,7-11,18-19,21H2,1-6H3,(H3,32,33);1H. The van der Waals surface area contributed by atoms with Gasteiger partial charge in [-0.15, -0.1) is 12.4 Å². The number of amides is 2. The first-order valence-electron chi connectivity index (χ1n) is 14.2. The van der Waals surface area contributed by atoms with Crippen LogP contribution in [0.4, 0.5) is 0 Å². The summed E-state index contributed by atoms with van der Waals surface area (Å²) in [6.45, 7) is 14.0. The minimum absolute atomic E-state index is 0. The maximum atomic E-state index is 13.6. The monoisotopic (exact) mass is 590 g/mol. The first kappa shape index (κ1) is 35.6. The first-order valence-corrected chi connectivity index (χ1v) is 14.2. The minimum atomic E-state index is -0.135. The Hall–Kier alpha value is -3.46. The number of ether oxygens (including phenoxy) is 3. The van der Waals surface area contributed by atoms with E-state index in [-0.39, 0.29) is 48.7 Å². The molecule has 2 aromatic carbocycles. The van der Waals surface area contributed by atoms with Gasteiger partial charge in [-0.25, -0.2) is 0 Å². The number of likely N-dealkylation sites (N-methyl/N-ethyl adjacent to an activating group) is 1. The largest absolute Gasteiger partial charge is 0.494 e. The number of carbonyl (C=O) groups is 2. The van der Waals surface area contributed by atoms with Gasteiger partial charge in [0.1, 0.15) is 23.1 Å². The summed E-state index contributed by atoms with van der Waals surface area (Å²) >= 11 is 0. The summed E-state index contributed by atoms with van der Waals surface area (Å²) in [5.41, 5.74) is 6.57. The number of nitrogen functional groups attached to an aromatic ring is 1. The van der Waals surface area contributed by atoms with Crippen molar-refractivity contribution < 1.29 is 23.8 Å². The van der Waals surface area contributed by atoms with E-state index in [1.807, 2.05) is 58.6 Å². The van der Waals surface area contributed by atoms with Crippen LogP contribution in [-0.2, 0) is 4.79 Å². The Bertz CT molecular complexity index is 1100. The Balaban J connectivity index is 0.00000840. The maximum absolute atomic E-state index is 13.6. The van der Waals surface area contributed by atoms with E-state index in [4.69, 9.17) is 25.4 Å². The van der Waals surface area contributed by atoms with Crippen molar-refractivity contribution >= 4 is 30.1 Å². The quantitative estimate of drug-likeness (QED) is 0.142. The predicted octanol–water partition coefficient (Wildman–Crippen LogP) is 5.53. The number of nitrogens with zero attached hydrogens (tertiary/aromatic N) is 2. The lowest BCUT2D eigenvalue weighted by atomic mass is 10.1. The molecular weight excluding hydrogens is 544 g/mol. The van der Waals surface area contributed by atoms with Crippen LogP contribution in [0.1, 0.15) is 76.7 Å². The number of nitrogens with two attached hydrogens (primary N) is 1. The number of nitrogens with one attached hydrogen (secondary N) is 1. The molecule has 0 heterocycles. The van der Waals surface area contributed by atoms with Crippen LogP contribution in [0.2, 0.25) is 0 Å². The van der Waals surface area contributed by atoms with Crippen LogP contribution < -0.4 is 19.9 Å². The zero-order valence-electron chi connectivity index (χ0n) is 25.3. The molecule has 0 aromatic heterocycles. The Labute approximate surface area is 251 Å². The van der Waals surface area contributed by atoms with Gasteiger partial charge in [0.25, 0.3) is 11.8 Å². The van der Waals surface area contributed by atoms with Gasteiger partial charge >= 0.3 is 0 Å². The van der Waals surface area contributed by atoms with Crippen molar-refractivity contribution in [3.05, 3.63) is 53.6 Å². The molecule has 0 saturated carbocycles. The minimum Gasteiger partial charge on any atom is -0.494 e. The van der Waals surface area contributed by atoms with Crippen LogP contribution >= 0.6 is 12.4 Å². The molecule has 0 aliphatic rings. The zero-order chi connectivity index (χ0) is 29.7. The van der Waals surface area contributed by atoms with Gasteiger partial charge < -0.3 is 29.7 Å². The van der Waals surface area contributed by atoms with Crippen LogP contribution in [0.5, 0.6) is 17.2 Å². The van der Waals surface area contributed by atoms with Crippen molar-refractivity contribution in [3.8, 4) is 17.2 Å². The highest BCUT2D eigenvalue weighted by Crippen LogP contribution is 2.28. The van der Waals surface area contributed by atoms with Crippen molar-refractivity contribution in [1.82, 2.24) is 9.80 Å². The maximum Gasteiger partial charge on any atom is 0.260 e. The number of unbranched alkanes of at least 4 members (excludes halogenated alkanes) is 2. The van der Waals surface area contributed by atoms with E-state index in [1.165, 1.54) is 0 Å². The molecule has 0 unspecified atom stereocenters. The van der Waals surface area contributed by atoms with Crippen LogP contribution in [0.15, 0.2) is 42.5 Å². The van der Waals surface area contributed by atoms with E-state index < -0.39 is 0 Å². The first-order chi connectivity index (χ1) is 19.1. The van der Waals surface area contributed by atoms with Gasteiger partial charge in [-0.05, 0) is 103 Å². The van der Waals surface area contributed by atoms with Crippen molar-refractivity contribution in [2.75, 3.05) is 32.9 Å². The summed E-state index contributed by atoms with van der Waals surface area (Å²) in [7, 11) is 0. The molecule has 0 radical (unpaired) electrons. The molecule has 2 aromatic rings. The summed E-state index contributed by atoms with van der Waals surface area (Å²) in [5.74, 6) is 1.50. The number of hydrogen-bond donors (Lipinski definition) is 2. The fraction of sp³-hybridized carbons (Fsp3) is 0.516. The lowest BCUT2D eigenvalue weighted by Gasteiger charge is -2.31. The van der Waals surface area contributed by atoms with Gasteiger partial charge in [0, 0.05) is 30.7 Å². The molecule has 2 amide bonds. The van der Waals surface area contributed by atoms with Crippen LogP contribution in [0.3, 0.4) is 0 Å². The molecular formula is C31H47ClN4O5. The number of rotatable bonds is 17. The van der Waals surface area contributed by atoms with Crippen molar-refractivity contribution in [2.45, 2.75) is 72.9 Å². The third-order valence-corrected chi connectivity index (χ3v) is 6.49. The number of carbonyl (C=O) groups excluding carboxylic acids is 2. The molecule has 9 nitrogen and oxygen atoms in total. The third-order valence-electron chi connectivity index (χ3n) is 6.49. The second-order valence-electron chi connectivity index (χ2n) is 10.1. The Morgan fingerprint density at radius 1 is 0.829 bits per heavy atom. The van der Waals surface area contributed by atoms with Gasteiger partial charge in [0.2, 0.25) is 0 Å². The van der Waals surface area contributed by atoms with E-state index in [1.54, 1.807) is 35.2 Å². The highest BCUT2D eigenvalue weighted by molar-refractivity contribution is 5.98. The Morgan fingerprint density at radius 3 is 1.93 bits per heavy atom. The Kier molecular flexibility index (Phi) is 15.7. The van der Waals surface area contributed by atoms with Crippen LogP contribution in [0.25, 0.3) is 0 Å². The number of benzene rings is 2. The zero-order valence-corrected chi connectivity index (χ0v) is 26.1. The van der Waals surface area contributed by atoms with E-state index in [0.29, 0.717) is 48.9 Å². The van der Waals surface area contributed by atoms with E-state index in [2.05, 4.69) is 0 Å². The van der Waals surface area contributed by atoms with Gasteiger partial charge in [0.15, 0.2) is 6.61 Å². The molecule has 10 heteroatoms. The molecule has 0 aliphatic carbocycles. The van der Waals surface area contributed by atoms with E-state index in [0.717, 1.165) is 25.0 Å². The average Bonchev–Trinajstić information content (AvgIpc) is 2.92. The molecule has 2 rings (SSSR count). The van der Waals surface area contributed by atoms with E-state index in [9.17, 15) is 9.59 Å². The topological polar surface area (TPSA) is 118 Å². The normalized spacial score (nSPS) is 10.6. The second-order valence-corrected chi connectivity index (χ2v) is 10.1. The molecule has 0 fully saturated rings. The van der Waals surface area contributed by atoms with Crippen molar-refractivity contribution in [1.29, 1.82) is 5.41 Å². The predicted molar refractivity (Wildman–Crippen MR) is 166 cm³/mol. The number of halogens is 1. The Morgan fingerprint density at radius 2 is 1.39 bits per heavy atom. The molecule has 0 atom stereocenters. The molecule has 0 bridgehead atoms. The lowest BCUT2D eigenvalue weighted by molar-refractivity contribution is -0.132. The second kappa shape index (κ2) is 18.1. The van der Waals surface area contributed by atoms with Crippen LogP contribution in [-0.4, -0.2) is 72.4 Å². The van der Waals surface area contributed by atoms with Gasteiger partial charge in [-0.2, -0.15) is 0 Å². The number of hydrogen-bond acceptors (Lipinski definition) is 6. The van der Waals surface area contributed by atoms with Crippen molar-refractivity contribution in [3.63, 3.8) is 0 Å². The van der Waals surface area contributed by atoms with E-state index >= 15 is 0 Å². The molecule has 228 valence electrons. The highest BCUT2D eigenvalue weighted by Gasteiger charge is 2.25. The molecule has 0 spiro atoms. The molecule has 0 saturated heterocycles. The third kappa shape index (κ3) is 11.1. The SMILES string of the molecule is CCN(CC)C(=O)COc1ccc(OCCCCCOc2ccc(C(=N)N)cc2)c(C(=O)N(C(C)C)C(C)C)c1.Cl. The lowest BCUT2D eigenvalue weighted by Crippen LogP contribution is -2.42. The molecule has 3 N–H and O–H groups in total. The van der Waals surface area contributed by atoms with Gasteiger partial charge in [-0.1, -0.05) is 0 Å². The summed E-state index contributed by atoms with van der Waals surface area (Å²) in [4.78, 5) is 29.5. The molecule has 0 aliphatic heterocycles. The smallest absolute Gasteiger partial charge is 0.260 e. The summed E-state index contributed by atoms with van der Waals surface area (Å²) in [6.07, 6.45) is 2.55. The van der Waals surface area contributed by atoms with Crippen molar-refractivity contribution in [2.24, 2.45) is 5.73 Å². The summed E-state index contributed by atoms with van der Waals surface area (Å²) < 4.78 is 17.6. The fourth-order valence-electron chi connectivity index (χ4n) is 4.39. The number of amidine groups is 1. The van der Waals surface area contributed by atoms with Crippen LogP contribution in [0, 0.1) is 5.41 Å². The molecule has 41 heavy (non-hydrogen) atoms. The summed E-state index contributed by atoms with van der Waals surface area (Å²) in [5, 5.41) is 7.45. The van der Waals surface area contributed by atoms with Gasteiger partial charge in [0.05, 0.1) is 18.8 Å². The average molecular weight is 591 g/mol. The highest BCUT2D eigenvalue weighted by atomic mass is 35.5. The van der Waals surface area contributed by atoms with Gasteiger partial charge in [-0.3, -0.25) is 15.0 Å². The summed E-state index contributed by atoms with van der Waals surface area (Å²) in [6, 6.07) is 12.3. The fourth-order valence-corrected chi connectivity index (χ4v) is 4.39.